The molecule has 0 aliphatic rings. The number of halogens is 3. The normalized spacial score (nSPS) is 11.1. The van der Waals surface area contributed by atoms with E-state index in [1.807, 2.05) is 0 Å². The fraction of sp³-hybridized carbons (Fsp3) is 0.333. The predicted octanol–water partition coefficient (Wildman–Crippen LogP) is 1.95. The summed E-state index contributed by atoms with van der Waals surface area (Å²) in [6.07, 6.45) is -4.58. The molecule has 4 nitrogen and oxygen atoms in total. The number of likely N-dealkylation sites (N-methyl/N-ethyl adjacent to an activating group) is 1. The summed E-state index contributed by atoms with van der Waals surface area (Å²) < 4.78 is 43.3. The summed E-state index contributed by atoms with van der Waals surface area (Å²) in [5, 5.41) is 0. The van der Waals surface area contributed by atoms with Crippen LogP contribution in [0.3, 0.4) is 0 Å². The van der Waals surface area contributed by atoms with Crippen LogP contribution in [0, 0.1) is 0 Å². The van der Waals surface area contributed by atoms with Gasteiger partial charge in [-0.05, 0) is 18.2 Å². The second kappa shape index (κ2) is 6.08. The van der Waals surface area contributed by atoms with Crippen LogP contribution in [-0.4, -0.2) is 31.7 Å². The van der Waals surface area contributed by atoms with Crippen LogP contribution < -0.4 is 10.6 Å². The number of alkyl halides is 3. The van der Waals surface area contributed by atoms with E-state index in [4.69, 9.17) is 5.73 Å². The molecular weight excluding hydrogens is 293 g/mol. The van der Waals surface area contributed by atoms with Gasteiger partial charge in [0.1, 0.15) is 11.5 Å². The molecule has 0 unspecified atom stereocenters. The van der Waals surface area contributed by atoms with Crippen molar-refractivity contribution >= 4 is 28.9 Å². The number of benzene rings is 1. The third-order valence-electron chi connectivity index (χ3n) is 2.61. The number of rotatable bonds is 4. The van der Waals surface area contributed by atoms with Crippen LogP contribution in [0.4, 0.5) is 18.9 Å². The Morgan fingerprint density at radius 3 is 2.50 bits per heavy atom. The predicted molar refractivity (Wildman–Crippen MR) is 72.6 cm³/mol. The largest absolute Gasteiger partial charge is 0.468 e. The molecule has 2 N–H and O–H groups in total. The molecule has 0 saturated heterocycles. The Hall–Kier alpha value is -1.83. The zero-order valence-corrected chi connectivity index (χ0v) is 11.6. The van der Waals surface area contributed by atoms with Gasteiger partial charge in [0.2, 0.25) is 0 Å². The summed E-state index contributed by atoms with van der Waals surface area (Å²) in [5.74, 6) is -0.556. The van der Waals surface area contributed by atoms with Gasteiger partial charge in [-0.15, -0.1) is 0 Å². The number of thiocarbonyl (C=S) groups is 1. The van der Waals surface area contributed by atoms with E-state index in [2.05, 4.69) is 17.0 Å². The number of anilines is 1. The lowest BCUT2D eigenvalue weighted by Gasteiger charge is -2.20. The van der Waals surface area contributed by atoms with Gasteiger partial charge in [0.05, 0.1) is 12.7 Å². The molecule has 0 aliphatic heterocycles. The molecule has 0 bridgehead atoms. The molecule has 110 valence electrons. The maximum atomic E-state index is 13.0. The van der Waals surface area contributed by atoms with E-state index in [1.165, 1.54) is 31.2 Å². The first-order valence-electron chi connectivity index (χ1n) is 5.45. The summed E-state index contributed by atoms with van der Waals surface area (Å²) in [5.41, 5.74) is 4.32. The van der Waals surface area contributed by atoms with E-state index < -0.39 is 17.7 Å². The van der Waals surface area contributed by atoms with Crippen molar-refractivity contribution in [3.05, 3.63) is 29.3 Å². The van der Waals surface area contributed by atoms with Crippen molar-refractivity contribution in [3.8, 4) is 0 Å². The van der Waals surface area contributed by atoms with Gasteiger partial charge in [0.15, 0.2) is 0 Å². The summed E-state index contributed by atoms with van der Waals surface area (Å²) in [6.45, 7) is -0.166. The SMILES string of the molecule is COC(=O)CN(C)c1ccc(C(N)=S)c(C(F)(F)F)c1. The fourth-order valence-electron chi connectivity index (χ4n) is 1.57. The van der Waals surface area contributed by atoms with Crippen molar-refractivity contribution in [2.75, 3.05) is 25.6 Å². The number of esters is 1. The first kappa shape index (κ1) is 16.2. The van der Waals surface area contributed by atoms with Gasteiger partial charge in [-0.3, -0.25) is 4.79 Å². The Labute approximate surface area is 119 Å². The number of hydrogen-bond acceptors (Lipinski definition) is 4. The second-order valence-corrected chi connectivity index (χ2v) is 4.46. The molecule has 0 radical (unpaired) electrons. The van der Waals surface area contributed by atoms with Crippen molar-refractivity contribution in [2.45, 2.75) is 6.18 Å². The standard InChI is InChI=1S/C12H13F3N2O2S/c1-17(6-10(18)19-2)7-3-4-8(11(16)20)9(5-7)12(13,14)15/h3-5H,6H2,1-2H3,(H2,16,20). The minimum atomic E-state index is -4.58. The van der Waals surface area contributed by atoms with Gasteiger partial charge in [-0.1, -0.05) is 12.2 Å². The monoisotopic (exact) mass is 306 g/mol. The van der Waals surface area contributed by atoms with Crippen LogP contribution in [0.1, 0.15) is 11.1 Å². The number of carbonyl (C=O) groups excluding carboxylic acids is 1. The van der Waals surface area contributed by atoms with E-state index in [-0.39, 0.29) is 22.8 Å². The van der Waals surface area contributed by atoms with Gasteiger partial charge >= 0.3 is 12.1 Å². The lowest BCUT2D eigenvalue weighted by Crippen LogP contribution is -2.27. The molecule has 1 aromatic carbocycles. The highest BCUT2D eigenvalue weighted by atomic mass is 32.1. The Balaban J connectivity index is 3.19. The summed E-state index contributed by atoms with van der Waals surface area (Å²) >= 11 is 4.61. The zero-order valence-electron chi connectivity index (χ0n) is 10.8. The number of hydrogen-bond donors (Lipinski definition) is 1. The molecule has 0 saturated carbocycles. The fourth-order valence-corrected chi connectivity index (χ4v) is 1.75. The first-order valence-corrected chi connectivity index (χ1v) is 5.86. The smallest absolute Gasteiger partial charge is 0.417 e. The maximum Gasteiger partial charge on any atom is 0.417 e. The minimum Gasteiger partial charge on any atom is -0.468 e. The number of methoxy groups -OCH3 is 1. The molecule has 0 aliphatic carbocycles. The molecule has 0 aromatic heterocycles. The molecule has 0 atom stereocenters. The third kappa shape index (κ3) is 3.83. The van der Waals surface area contributed by atoms with Crippen molar-refractivity contribution in [2.24, 2.45) is 5.73 Å². The van der Waals surface area contributed by atoms with Crippen LogP contribution in [0.2, 0.25) is 0 Å². The van der Waals surface area contributed by atoms with Gasteiger partial charge in [0.25, 0.3) is 0 Å². The number of nitrogens with zero attached hydrogens (tertiary/aromatic N) is 1. The molecule has 8 heteroatoms. The first-order chi connectivity index (χ1) is 9.16. The Morgan fingerprint density at radius 2 is 2.05 bits per heavy atom. The third-order valence-corrected chi connectivity index (χ3v) is 2.83. The lowest BCUT2D eigenvalue weighted by atomic mass is 10.1. The van der Waals surface area contributed by atoms with Crippen molar-refractivity contribution in [1.29, 1.82) is 0 Å². The topological polar surface area (TPSA) is 55.6 Å². The quantitative estimate of drug-likeness (QED) is 0.680. The summed E-state index contributed by atoms with van der Waals surface area (Å²) in [6, 6.07) is 3.50. The average molecular weight is 306 g/mol. The number of nitrogens with two attached hydrogens (primary N) is 1. The van der Waals surface area contributed by atoms with E-state index in [1.54, 1.807) is 0 Å². The molecule has 20 heavy (non-hydrogen) atoms. The highest BCUT2D eigenvalue weighted by molar-refractivity contribution is 7.80. The minimum absolute atomic E-state index is 0.166. The number of carbonyl (C=O) groups is 1. The Bertz CT molecular complexity index is 532. The lowest BCUT2D eigenvalue weighted by molar-refractivity contribution is -0.139. The molecule has 1 rings (SSSR count). The summed E-state index contributed by atoms with van der Waals surface area (Å²) in [7, 11) is 2.68. The van der Waals surface area contributed by atoms with Crippen LogP contribution in [0.15, 0.2) is 18.2 Å². The highest BCUT2D eigenvalue weighted by Gasteiger charge is 2.34. The van der Waals surface area contributed by atoms with Gasteiger partial charge in [0, 0.05) is 18.3 Å². The van der Waals surface area contributed by atoms with Crippen LogP contribution in [0.5, 0.6) is 0 Å². The van der Waals surface area contributed by atoms with Crippen LogP contribution >= 0.6 is 12.2 Å². The van der Waals surface area contributed by atoms with Crippen LogP contribution in [-0.2, 0) is 15.7 Å². The molecule has 1 aromatic rings. The molecule has 0 spiro atoms. The van der Waals surface area contributed by atoms with Gasteiger partial charge < -0.3 is 15.4 Å². The zero-order chi connectivity index (χ0) is 15.5. The van der Waals surface area contributed by atoms with Gasteiger partial charge in [-0.2, -0.15) is 13.2 Å². The number of ether oxygens (including phenoxy) is 1. The average Bonchev–Trinajstić information content (AvgIpc) is 2.36. The van der Waals surface area contributed by atoms with Crippen LogP contribution in [0.25, 0.3) is 0 Å². The molecule has 0 heterocycles. The molecule has 0 amide bonds. The second-order valence-electron chi connectivity index (χ2n) is 4.02. The summed E-state index contributed by atoms with van der Waals surface area (Å²) in [4.78, 5) is 12.1. The maximum absolute atomic E-state index is 13.0. The Morgan fingerprint density at radius 1 is 1.45 bits per heavy atom. The van der Waals surface area contributed by atoms with Crippen molar-refractivity contribution in [3.63, 3.8) is 0 Å². The van der Waals surface area contributed by atoms with E-state index in [0.717, 1.165) is 6.07 Å². The molecular formula is C12H13F3N2O2S. The van der Waals surface area contributed by atoms with Crippen molar-refractivity contribution < 1.29 is 22.7 Å². The molecule has 0 fully saturated rings. The highest BCUT2D eigenvalue weighted by Crippen LogP contribution is 2.34. The van der Waals surface area contributed by atoms with E-state index in [9.17, 15) is 18.0 Å². The Kier molecular flexibility index (Phi) is 4.93. The van der Waals surface area contributed by atoms with Gasteiger partial charge in [-0.25, -0.2) is 0 Å². The van der Waals surface area contributed by atoms with E-state index >= 15 is 0 Å². The van der Waals surface area contributed by atoms with E-state index in [0.29, 0.717) is 0 Å². The van der Waals surface area contributed by atoms with Crippen molar-refractivity contribution in [1.82, 2.24) is 0 Å².